The van der Waals surface area contributed by atoms with Crippen LogP contribution in [-0.4, -0.2) is 56.1 Å². The Labute approximate surface area is 214 Å². The lowest BCUT2D eigenvalue weighted by molar-refractivity contribution is -0.151. The Hall–Kier alpha value is -4.21. The van der Waals surface area contributed by atoms with E-state index in [1.165, 1.54) is 17.0 Å². The average molecular weight is 511 g/mol. The Morgan fingerprint density at radius 3 is 1.92 bits per heavy atom. The lowest BCUT2D eigenvalue weighted by atomic mass is 10.1. The molecule has 1 saturated heterocycles. The Balaban J connectivity index is 1.47. The predicted molar refractivity (Wildman–Crippen MR) is 134 cm³/mol. The minimum Gasteiger partial charge on any atom is -0.462 e. The maximum Gasteiger partial charge on any atom is 0.338 e. The van der Waals surface area contributed by atoms with E-state index >= 15 is 0 Å². The second-order valence-electron chi connectivity index (χ2n) is 8.46. The van der Waals surface area contributed by atoms with Crippen molar-refractivity contribution in [2.45, 2.75) is 33.1 Å². The molecule has 1 atom stereocenters. The molecule has 0 aromatic heterocycles. The highest BCUT2D eigenvalue weighted by Crippen LogP contribution is 2.26. The van der Waals surface area contributed by atoms with Gasteiger partial charge in [0.1, 0.15) is 0 Å². The van der Waals surface area contributed by atoms with Gasteiger partial charge in [-0.3, -0.25) is 14.4 Å². The van der Waals surface area contributed by atoms with Crippen molar-refractivity contribution in [3.8, 4) is 0 Å². The molecule has 196 valence electrons. The summed E-state index contributed by atoms with van der Waals surface area (Å²) in [6, 6.07) is 12.5. The Kier molecular flexibility index (Phi) is 9.76. The van der Waals surface area contributed by atoms with E-state index in [0.717, 1.165) is 12.8 Å². The SMILES string of the molecule is CCCOC(=O)c1ccc(NC(=O)COC(=O)[C@H]2CC(=O)N(c3ccc(C(=O)OCCC)cc3)C2)cc1. The Bertz CT molecular complexity index is 1130. The fourth-order valence-corrected chi connectivity index (χ4v) is 3.59. The number of hydrogen-bond donors (Lipinski definition) is 1. The van der Waals surface area contributed by atoms with Gasteiger partial charge in [-0.15, -0.1) is 0 Å². The zero-order valence-corrected chi connectivity index (χ0v) is 20.9. The van der Waals surface area contributed by atoms with Crippen LogP contribution < -0.4 is 10.2 Å². The topological polar surface area (TPSA) is 128 Å². The van der Waals surface area contributed by atoms with Gasteiger partial charge in [-0.05, 0) is 61.4 Å². The van der Waals surface area contributed by atoms with Crippen LogP contribution in [0.5, 0.6) is 0 Å². The van der Waals surface area contributed by atoms with Crippen molar-refractivity contribution in [1.82, 2.24) is 0 Å². The van der Waals surface area contributed by atoms with Gasteiger partial charge in [0.05, 0.1) is 30.3 Å². The van der Waals surface area contributed by atoms with E-state index < -0.39 is 36.3 Å². The van der Waals surface area contributed by atoms with E-state index in [9.17, 15) is 24.0 Å². The van der Waals surface area contributed by atoms with Gasteiger partial charge in [-0.1, -0.05) is 13.8 Å². The summed E-state index contributed by atoms with van der Waals surface area (Å²) in [7, 11) is 0. The number of nitrogens with one attached hydrogen (secondary N) is 1. The van der Waals surface area contributed by atoms with Crippen molar-refractivity contribution < 1.29 is 38.2 Å². The van der Waals surface area contributed by atoms with Gasteiger partial charge in [0.2, 0.25) is 5.91 Å². The monoisotopic (exact) mass is 510 g/mol. The first kappa shape index (κ1) is 27.4. The zero-order valence-electron chi connectivity index (χ0n) is 20.9. The molecule has 3 rings (SSSR count). The number of esters is 3. The molecule has 2 aromatic carbocycles. The second-order valence-corrected chi connectivity index (χ2v) is 8.46. The smallest absolute Gasteiger partial charge is 0.338 e. The summed E-state index contributed by atoms with van der Waals surface area (Å²) < 4.78 is 15.3. The first-order chi connectivity index (χ1) is 17.8. The third-order valence-corrected chi connectivity index (χ3v) is 5.50. The van der Waals surface area contributed by atoms with Crippen LogP contribution in [0.1, 0.15) is 53.8 Å². The molecular weight excluding hydrogens is 480 g/mol. The molecule has 0 aliphatic carbocycles. The number of benzene rings is 2. The van der Waals surface area contributed by atoms with Crippen molar-refractivity contribution in [3.05, 3.63) is 59.7 Å². The van der Waals surface area contributed by atoms with Gasteiger partial charge in [0.15, 0.2) is 6.61 Å². The van der Waals surface area contributed by atoms with Crippen LogP contribution in [0.25, 0.3) is 0 Å². The molecule has 0 spiro atoms. The van der Waals surface area contributed by atoms with Crippen LogP contribution in [0.15, 0.2) is 48.5 Å². The highest BCUT2D eigenvalue weighted by molar-refractivity contribution is 6.00. The van der Waals surface area contributed by atoms with E-state index in [1.54, 1.807) is 36.4 Å². The number of nitrogens with zero attached hydrogens (tertiary/aromatic N) is 1. The van der Waals surface area contributed by atoms with Crippen molar-refractivity contribution in [2.75, 3.05) is 36.6 Å². The van der Waals surface area contributed by atoms with Crippen LogP contribution in [0.3, 0.4) is 0 Å². The van der Waals surface area contributed by atoms with E-state index in [-0.39, 0.29) is 18.9 Å². The Morgan fingerprint density at radius 1 is 0.838 bits per heavy atom. The van der Waals surface area contributed by atoms with E-state index in [4.69, 9.17) is 14.2 Å². The minimum absolute atomic E-state index is 0.0453. The van der Waals surface area contributed by atoms with Crippen molar-refractivity contribution in [3.63, 3.8) is 0 Å². The highest BCUT2D eigenvalue weighted by atomic mass is 16.5. The lowest BCUT2D eigenvalue weighted by Crippen LogP contribution is -2.28. The van der Waals surface area contributed by atoms with Crippen molar-refractivity contribution in [1.29, 1.82) is 0 Å². The molecule has 1 aliphatic rings. The molecule has 0 radical (unpaired) electrons. The quantitative estimate of drug-likeness (QED) is 0.360. The largest absolute Gasteiger partial charge is 0.462 e. The number of carbonyl (C=O) groups excluding carboxylic acids is 5. The fourth-order valence-electron chi connectivity index (χ4n) is 3.59. The third kappa shape index (κ3) is 7.63. The first-order valence-corrected chi connectivity index (χ1v) is 12.1. The van der Waals surface area contributed by atoms with E-state index in [2.05, 4.69) is 5.32 Å². The van der Waals surface area contributed by atoms with Crippen molar-refractivity contribution >= 4 is 41.1 Å². The predicted octanol–water partition coefficient (Wildman–Crippen LogP) is 3.36. The molecule has 1 fully saturated rings. The fraction of sp³-hybridized carbons (Fsp3) is 0.370. The summed E-state index contributed by atoms with van der Waals surface area (Å²) in [5.74, 6) is -3.07. The van der Waals surface area contributed by atoms with Gasteiger partial charge >= 0.3 is 17.9 Å². The van der Waals surface area contributed by atoms with Crippen LogP contribution >= 0.6 is 0 Å². The summed E-state index contributed by atoms with van der Waals surface area (Å²) in [5, 5.41) is 2.58. The molecule has 10 heteroatoms. The number of hydrogen-bond acceptors (Lipinski definition) is 8. The average Bonchev–Trinajstić information content (AvgIpc) is 3.31. The Morgan fingerprint density at radius 2 is 1.38 bits per heavy atom. The summed E-state index contributed by atoms with van der Waals surface area (Å²) in [4.78, 5) is 62.4. The number of ether oxygens (including phenoxy) is 3. The van der Waals surface area contributed by atoms with Gasteiger partial charge in [0.25, 0.3) is 5.91 Å². The van der Waals surface area contributed by atoms with E-state index in [1.807, 2.05) is 13.8 Å². The summed E-state index contributed by atoms with van der Waals surface area (Å²) >= 11 is 0. The van der Waals surface area contributed by atoms with Gasteiger partial charge in [-0.25, -0.2) is 9.59 Å². The number of anilines is 2. The maximum atomic E-state index is 12.5. The molecule has 2 amide bonds. The summed E-state index contributed by atoms with van der Waals surface area (Å²) in [5.41, 5.74) is 1.71. The standard InChI is InChI=1S/C27H30N2O8/c1-3-13-35-25(32)18-5-9-21(10-6-18)28-23(30)17-37-27(34)20-15-24(31)29(16-20)22-11-7-19(8-12-22)26(33)36-14-4-2/h5-12,20H,3-4,13-17H2,1-2H3,(H,28,30)/t20-/m0/s1. The van der Waals surface area contributed by atoms with Crippen LogP contribution in [0.4, 0.5) is 11.4 Å². The number of carbonyl (C=O) groups is 5. The van der Waals surface area contributed by atoms with Crippen molar-refractivity contribution in [2.24, 2.45) is 5.92 Å². The molecule has 0 saturated carbocycles. The zero-order chi connectivity index (χ0) is 26.8. The first-order valence-electron chi connectivity index (χ1n) is 12.1. The minimum atomic E-state index is -0.720. The maximum absolute atomic E-state index is 12.5. The number of rotatable bonds is 11. The van der Waals surface area contributed by atoms with Crippen LogP contribution in [-0.2, 0) is 28.6 Å². The normalized spacial score (nSPS) is 14.7. The molecule has 0 bridgehead atoms. The molecule has 1 N–H and O–H groups in total. The lowest BCUT2D eigenvalue weighted by Gasteiger charge is -2.17. The molecular formula is C27H30N2O8. The summed E-state index contributed by atoms with van der Waals surface area (Å²) in [6.45, 7) is 4.04. The molecule has 1 heterocycles. The molecule has 37 heavy (non-hydrogen) atoms. The van der Waals surface area contributed by atoms with E-state index in [0.29, 0.717) is 35.7 Å². The molecule has 10 nitrogen and oxygen atoms in total. The third-order valence-electron chi connectivity index (χ3n) is 5.50. The summed E-state index contributed by atoms with van der Waals surface area (Å²) in [6.07, 6.45) is 1.39. The molecule has 2 aromatic rings. The van der Waals surface area contributed by atoms with Gasteiger partial charge in [0, 0.05) is 24.3 Å². The van der Waals surface area contributed by atoms with Gasteiger partial charge in [-0.2, -0.15) is 0 Å². The van der Waals surface area contributed by atoms with Crippen LogP contribution in [0.2, 0.25) is 0 Å². The molecule has 1 aliphatic heterocycles. The number of amides is 2. The highest BCUT2D eigenvalue weighted by Gasteiger charge is 2.36. The van der Waals surface area contributed by atoms with Crippen LogP contribution in [0, 0.1) is 5.92 Å². The second kappa shape index (κ2) is 13.2. The van der Waals surface area contributed by atoms with Gasteiger partial charge < -0.3 is 24.4 Å². The molecule has 0 unspecified atom stereocenters.